The molecule has 1 aliphatic heterocycles. The van der Waals surface area contributed by atoms with E-state index in [4.69, 9.17) is 4.74 Å². The fourth-order valence-electron chi connectivity index (χ4n) is 3.01. The number of aryl methyl sites for hydroxylation is 1. The predicted octanol–water partition coefficient (Wildman–Crippen LogP) is 1.37. The van der Waals surface area contributed by atoms with Crippen molar-refractivity contribution in [2.45, 2.75) is 11.8 Å². The van der Waals surface area contributed by atoms with Crippen LogP contribution in [0.4, 0.5) is 11.8 Å². The third kappa shape index (κ3) is 3.98. The number of methoxy groups -OCH3 is 1. The molecule has 146 valence electrons. The first kappa shape index (κ1) is 19.4. The van der Waals surface area contributed by atoms with Gasteiger partial charge >= 0.3 is 0 Å². The summed E-state index contributed by atoms with van der Waals surface area (Å²) in [5.41, 5.74) is 0.882. The van der Waals surface area contributed by atoms with Gasteiger partial charge in [-0.15, -0.1) is 0 Å². The normalized spacial score (nSPS) is 15.6. The second-order valence-electron chi connectivity index (χ2n) is 6.60. The lowest BCUT2D eigenvalue weighted by Gasteiger charge is -2.34. The van der Waals surface area contributed by atoms with Crippen LogP contribution in [-0.2, 0) is 10.0 Å². The molecule has 9 heteroatoms. The number of aromatic nitrogens is 2. The number of sulfonamides is 1. The van der Waals surface area contributed by atoms with Gasteiger partial charge < -0.3 is 14.5 Å². The van der Waals surface area contributed by atoms with Gasteiger partial charge in [-0.1, -0.05) is 12.1 Å². The fraction of sp³-hybridized carbons (Fsp3) is 0.444. The molecule has 0 amide bonds. The minimum Gasteiger partial charge on any atom is -0.495 e. The molecule has 8 nitrogen and oxygen atoms in total. The summed E-state index contributed by atoms with van der Waals surface area (Å²) in [5.74, 6) is 1.83. The van der Waals surface area contributed by atoms with Crippen LogP contribution in [0.15, 0.2) is 35.2 Å². The summed E-state index contributed by atoms with van der Waals surface area (Å²) in [5, 5.41) is 0. The molecule has 0 N–H and O–H groups in total. The highest BCUT2D eigenvalue weighted by molar-refractivity contribution is 7.89. The van der Waals surface area contributed by atoms with Gasteiger partial charge in [0, 0.05) is 52.0 Å². The van der Waals surface area contributed by atoms with Gasteiger partial charge in [0.1, 0.15) is 16.5 Å². The van der Waals surface area contributed by atoms with Gasteiger partial charge in [0.05, 0.1) is 7.11 Å². The first-order valence-electron chi connectivity index (χ1n) is 8.74. The third-order valence-corrected chi connectivity index (χ3v) is 6.43. The van der Waals surface area contributed by atoms with Crippen molar-refractivity contribution in [1.82, 2.24) is 14.3 Å². The Kier molecular flexibility index (Phi) is 5.52. The van der Waals surface area contributed by atoms with E-state index in [1.807, 2.05) is 36.9 Å². The van der Waals surface area contributed by atoms with E-state index in [2.05, 4.69) is 9.97 Å². The number of ether oxygens (including phenoxy) is 1. The lowest BCUT2D eigenvalue weighted by molar-refractivity contribution is 0.372. The van der Waals surface area contributed by atoms with Crippen LogP contribution in [-0.4, -0.2) is 70.1 Å². The molecular formula is C18H25N5O3S. The van der Waals surface area contributed by atoms with Crippen LogP contribution < -0.4 is 14.5 Å². The monoisotopic (exact) mass is 391 g/mol. The van der Waals surface area contributed by atoms with E-state index >= 15 is 0 Å². The van der Waals surface area contributed by atoms with Crippen LogP contribution in [0.2, 0.25) is 0 Å². The Morgan fingerprint density at radius 3 is 2.37 bits per heavy atom. The fourth-order valence-corrected chi connectivity index (χ4v) is 4.58. The van der Waals surface area contributed by atoms with Gasteiger partial charge in [-0.3, -0.25) is 0 Å². The lowest BCUT2D eigenvalue weighted by Crippen LogP contribution is -2.49. The van der Waals surface area contributed by atoms with Gasteiger partial charge in [0.25, 0.3) is 0 Å². The molecule has 2 aromatic rings. The minimum absolute atomic E-state index is 0.197. The molecule has 0 bridgehead atoms. The first-order valence-corrected chi connectivity index (χ1v) is 10.2. The zero-order chi connectivity index (χ0) is 19.6. The Bertz CT molecular complexity index is 909. The van der Waals surface area contributed by atoms with Crippen molar-refractivity contribution in [3.8, 4) is 5.75 Å². The molecule has 3 rings (SSSR count). The van der Waals surface area contributed by atoms with E-state index in [0.717, 1.165) is 11.5 Å². The zero-order valence-electron chi connectivity index (χ0n) is 16.1. The molecule has 2 heterocycles. The summed E-state index contributed by atoms with van der Waals surface area (Å²) in [6.07, 6.45) is 0. The number of piperazine rings is 1. The number of hydrogen-bond donors (Lipinski definition) is 0. The number of para-hydroxylation sites is 1. The van der Waals surface area contributed by atoms with Crippen molar-refractivity contribution in [1.29, 1.82) is 0 Å². The van der Waals surface area contributed by atoms with Crippen molar-refractivity contribution in [2.75, 3.05) is 57.2 Å². The average Bonchev–Trinajstić information content (AvgIpc) is 2.67. The zero-order valence-corrected chi connectivity index (χ0v) is 16.9. The summed E-state index contributed by atoms with van der Waals surface area (Å²) in [7, 11) is 1.74. The van der Waals surface area contributed by atoms with Crippen LogP contribution in [0, 0.1) is 6.92 Å². The molecule has 27 heavy (non-hydrogen) atoms. The molecule has 1 saturated heterocycles. The molecule has 0 aliphatic carbocycles. The molecule has 0 atom stereocenters. The maximum absolute atomic E-state index is 13.0. The summed E-state index contributed by atoms with van der Waals surface area (Å²) in [6, 6.07) is 8.62. The van der Waals surface area contributed by atoms with Gasteiger partial charge in [0.15, 0.2) is 0 Å². The topological polar surface area (TPSA) is 78.9 Å². The minimum atomic E-state index is -3.61. The van der Waals surface area contributed by atoms with Gasteiger partial charge in [-0.2, -0.15) is 9.29 Å². The highest BCUT2D eigenvalue weighted by atomic mass is 32.2. The van der Waals surface area contributed by atoms with E-state index in [9.17, 15) is 8.42 Å². The number of anilines is 2. The molecule has 1 aromatic heterocycles. The Morgan fingerprint density at radius 1 is 1.07 bits per heavy atom. The maximum Gasteiger partial charge on any atom is 0.246 e. The summed E-state index contributed by atoms with van der Waals surface area (Å²) in [4.78, 5) is 13.2. The van der Waals surface area contributed by atoms with Crippen molar-refractivity contribution in [3.05, 3.63) is 36.0 Å². The van der Waals surface area contributed by atoms with E-state index < -0.39 is 10.0 Å². The highest BCUT2D eigenvalue weighted by Gasteiger charge is 2.31. The van der Waals surface area contributed by atoms with Gasteiger partial charge in [-0.05, 0) is 19.1 Å². The smallest absolute Gasteiger partial charge is 0.246 e. The number of benzene rings is 1. The van der Waals surface area contributed by atoms with Crippen LogP contribution in [0.5, 0.6) is 5.75 Å². The average molecular weight is 391 g/mol. The van der Waals surface area contributed by atoms with Crippen molar-refractivity contribution in [2.24, 2.45) is 0 Å². The molecule has 0 unspecified atom stereocenters. The Labute approximate surface area is 160 Å². The van der Waals surface area contributed by atoms with E-state index in [0.29, 0.717) is 37.9 Å². The molecule has 0 radical (unpaired) electrons. The largest absolute Gasteiger partial charge is 0.495 e. The summed E-state index contributed by atoms with van der Waals surface area (Å²) >= 11 is 0. The number of hydrogen-bond acceptors (Lipinski definition) is 7. The lowest BCUT2D eigenvalue weighted by atomic mass is 10.3. The molecule has 1 aromatic carbocycles. The predicted molar refractivity (Wildman–Crippen MR) is 105 cm³/mol. The quantitative estimate of drug-likeness (QED) is 0.762. The second kappa shape index (κ2) is 7.69. The summed E-state index contributed by atoms with van der Waals surface area (Å²) in [6.45, 7) is 3.74. The maximum atomic E-state index is 13.0. The van der Waals surface area contributed by atoms with Crippen molar-refractivity contribution < 1.29 is 13.2 Å². The molecular weight excluding hydrogens is 366 g/mol. The standard InChI is InChI=1S/C18H25N5O3S/c1-14-13-17(21(2)3)20-18(19-14)22-9-11-23(12-10-22)27(24,25)16-8-6-5-7-15(16)26-4/h5-8,13H,9-12H2,1-4H3. The van der Waals surface area contributed by atoms with Crippen LogP contribution in [0.25, 0.3) is 0 Å². The molecule has 1 aliphatic rings. The number of nitrogens with zero attached hydrogens (tertiary/aromatic N) is 5. The molecule has 0 spiro atoms. The van der Waals surface area contributed by atoms with E-state index in [1.54, 1.807) is 24.3 Å². The van der Waals surface area contributed by atoms with Crippen LogP contribution in [0.1, 0.15) is 5.69 Å². The Balaban J connectivity index is 1.77. The first-order chi connectivity index (χ1) is 12.8. The molecule has 0 saturated carbocycles. The second-order valence-corrected chi connectivity index (χ2v) is 8.51. The van der Waals surface area contributed by atoms with Gasteiger partial charge in [0.2, 0.25) is 16.0 Å². The highest BCUT2D eigenvalue weighted by Crippen LogP contribution is 2.27. The van der Waals surface area contributed by atoms with Crippen molar-refractivity contribution >= 4 is 21.8 Å². The van der Waals surface area contributed by atoms with Crippen LogP contribution >= 0.6 is 0 Å². The third-order valence-electron chi connectivity index (χ3n) is 4.50. The van der Waals surface area contributed by atoms with Crippen molar-refractivity contribution in [3.63, 3.8) is 0 Å². The Hall–Kier alpha value is -2.39. The van der Waals surface area contributed by atoms with Crippen LogP contribution in [0.3, 0.4) is 0 Å². The SMILES string of the molecule is COc1ccccc1S(=O)(=O)N1CCN(c2nc(C)cc(N(C)C)n2)CC1. The number of rotatable bonds is 5. The van der Waals surface area contributed by atoms with E-state index in [1.165, 1.54) is 11.4 Å². The van der Waals surface area contributed by atoms with Gasteiger partial charge in [-0.25, -0.2) is 13.4 Å². The summed E-state index contributed by atoms with van der Waals surface area (Å²) < 4.78 is 32.7. The molecule has 1 fully saturated rings. The van der Waals surface area contributed by atoms with E-state index in [-0.39, 0.29) is 4.90 Å². The Morgan fingerprint density at radius 2 is 1.74 bits per heavy atom.